The Bertz CT molecular complexity index is 2760. The number of anilines is 3. The predicted octanol–water partition coefficient (Wildman–Crippen LogP) is 14.7. The van der Waals surface area contributed by atoms with Gasteiger partial charge in [-0.1, -0.05) is 117 Å². The molecule has 1 heterocycles. The first-order valence-corrected chi connectivity index (χ1v) is 21.3. The Balaban J connectivity index is 0.939. The van der Waals surface area contributed by atoms with Gasteiger partial charge in [0.15, 0.2) is 0 Å². The molecule has 5 aliphatic carbocycles. The van der Waals surface area contributed by atoms with Crippen LogP contribution in [0.2, 0.25) is 0 Å². The topological polar surface area (TPSA) is 8.17 Å². The Morgan fingerprint density at radius 2 is 1.04 bits per heavy atom. The molecule has 4 fully saturated rings. The van der Waals surface area contributed by atoms with Crippen molar-refractivity contribution in [3.05, 3.63) is 180 Å². The van der Waals surface area contributed by atoms with Gasteiger partial charge in [-0.25, -0.2) is 0 Å². The number of hydrogen-bond donors (Lipinski definition) is 0. The first-order valence-electron chi connectivity index (χ1n) is 21.3. The number of nitrogens with zero attached hydrogens (tertiary/aromatic N) is 2. The summed E-state index contributed by atoms with van der Waals surface area (Å²) in [4.78, 5) is 2.49. The van der Waals surface area contributed by atoms with Gasteiger partial charge in [0.1, 0.15) is 0 Å². The van der Waals surface area contributed by atoms with Gasteiger partial charge in [-0.15, -0.1) is 0 Å². The fourth-order valence-electron chi connectivity index (χ4n) is 12.5. The van der Waals surface area contributed by atoms with Crippen molar-refractivity contribution in [1.82, 2.24) is 4.57 Å². The van der Waals surface area contributed by atoms with Gasteiger partial charge in [-0.2, -0.15) is 0 Å². The summed E-state index contributed by atoms with van der Waals surface area (Å²) in [7, 11) is 0. The number of para-hydroxylation sites is 2. The van der Waals surface area contributed by atoms with Crippen LogP contribution in [0.1, 0.15) is 69.1 Å². The molecule has 13 rings (SSSR count). The lowest BCUT2D eigenvalue weighted by Gasteiger charge is -2.57. The smallest absolute Gasteiger partial charge is 0.0541 e. The van der Waals surface area contributed by atoms with Crippen molar-refractivity contribution < 1.29 is 0 Å². The van der Waals surface area contributed by atoms with Crippen molar-refractivity contribution in [3.8, 4) is 27.9 Å². The highest BCUT2D eigenvalue weighted by Crippen LogP contribution is 2.61. The van der Waals surface area contributed by atoms with E-state index in [0.29, 0.717) is 5.41 Å². The number of benzene rings is 7. The normalized spacial score (nSPS) is 22.5. The summed E-state index contributed by atoms with van der Waals surface area (Å²) in [6.07, 6.45) is 8.60. The molecule has 0 spiro atoms. The van der Waals surface area contributed by atoms with Gasteiger partial charge in [-0.3, -0.25) is 0 Å². The number of hydrogen-bond acceptors (Lipinski definition) is 1. The minimum Gasteiger partial charge on any atom is -0.310 e. The van der Waals surface area contributed by atoms with Crippen molar-refractivity contribution in [2.24, 2.45) is 17.8 Å². The second kappa shape index (κ2) is 12.3. The van der Waals surface area contributed by atoms with Gasteiger partial charge in [0.2, 0.25) is 0 Å². The minimum atomic E-state index is -0.0682. The summed E-state index contributed by atoms with van der Waals surface area (Å²) in [6.45, 7) is 4.77. The van der Waals surface area contributed by atoms with Crippen molar-refractivity contribution in [1.29, 1.82) is 0 Å². The van der Waals surface area contributed by atoms with E-state index in [2.05, 4.69) is 187 Å². The van der Waals surface area contributed by atoms with E-state index in [9.17, 15) is 0 Å². The third-order valence-corrected chi connectivity index (χ3v) is 14.7. The molecule has 1 aromatic heterocycles. The summed E-state index contributed by atoms with van der Waals surface area (Å²) in [5.41, 5.74) is 17.1. The lowest BCUT2D eigenvalue weighted by Crippen LogP contribution is -2.48. The van der Waals surface area contributed by atoms with Crippen LogP contribution in [0.5, 0.6) is 0 Å². The highest BCUT2D eigenvalue weighted by atomic mass is 15.1. The minimum absolute atomic E-state index is 0.0682. The molecule has 5 aliphatic rings. The number of aromatic nitrogens is 1. The zero-order chi connectivity index (χ0) is 37.9. The molecule has 0 atom stereocenters. The van der Waals surface area contributed by atoms with Crippen LogP contribution >= 0.6 is 0 Å². The molecular formula is C55H48N2. The second-order valence-corrected chi connectivity index (χ2v) is 18.4. The van der Waals surface area contributed by atoms with Crippen LogP contribution in [-0.4, -0.2) is 4.57 Å². The molecule has 0 aliphatic heterocycles. The molecule has 4 bridgehead atoms. The molecular weight excluding hydrogens is 689 g/mol. The summed E-state index contributed by atoms with van der Waals surface area (Å²) in [5, 5.41) is 2.57. The average Bonchev–Trinajstić information content (AvgIpc) is 3.69. The van der Waals surface area contributed by atoms with Crippen LogP contribution in [0.25, 0.3) is 49.7 Å². The van der Waals surface area contributed by atoms with Gasteiger partial charge in [0.05, 0.1) is 11.0 Å². The highest BCUT2D eigenvalue weighted by molar-refractivity contribution is 6.09. The van der Waals surface area contributed by atoms with Gasteiger partial charge < -0.3 is 9.47 Å². The molecule has 57 heavy (non-hydrogen) atoms. The van der Waals surface area contributed by atoms with E-state index in [1.165, 1.54) is 116 Å². The Hall–Kier alpha value is -5.86. The van der Waals surface area contributed by atoms with Gasteiger partial charge in [0.25, 0.3) is 0 Å². The highest BCUT2D eigenvalue weighted by Gasteiger charge is 2.51. The SMILES string of the molecule is CC1(C)c2ccccc2-c2ccc(N(c3ccc(-c4cccc(-n5c6ccccc6c6ccccc65)c4)cc3)c3ccc(C45C[C@H]6C[C@@H](C4)C[C@@H](C5)C6)cc3)cc21. The molecule has 4 saturated carbocycles. The van der Waals surface area contributed by atoms with E-state index in [1.54, 1.807) is 5.56 Å². The van der Waals surface area contributed by atoms with Crippen LogP contribution in [0.4, 0.5) is 17.1 Å². The Kier molecular flexibility index (Phi) is 7.20. The van der Waals surface area contributed by atoms with E-state index in [0.717, 1.165) is 17.8 Å². The van der Waals surface area contributed by atoms with E-state index in [1.807, 2.05) is 0 Å². The predicted molar refractivity (Wildman–Crippen MR) is 238 cm³/mol. The first-order chi connectivity index (χ1) is 27.9. The quantitative estimate of drug-likeness (QED) is 0.165. The summed E-state index contributed by atoms with van der Waals surface area (Å²) in [6, 6.07) is 61.8. The molecule has 7 aromatic carbocycles. The Morgan fingerprint density at radius 3 is 1.70 bits per heavy atom. The monoisotopic (exact) mass is 736 g/mol. The standard InChI is InChI=1S/C55H48N2/c1-54(2)50-15-6-3-12-46(50)47-27-26-45(32-51(47)54)56(43-24-20-41(21-25-43)55-33-36-28-37(34-55)30-38(29-36)35-55)42-22-18-39(19-23-42)40-10-9-11-44(31-40)57-52-16-7-4-13-48(52)49-14-5-8-17-53(49)57/h3-27,31-32,36-38H,28-30,33-35H2,1-2H3/t36-,37+,38-,55?. The first kappa shape index (κ1) is 33.3. The fraction of sp³-hybridized carbons (Fsp3) is 0.236. The maximum absolute atomic E-state index is 2.50. The van der Waals surface area contributed by atoms with Crippen molar-refractivity contribution >= 4 is 38.9 Å². The van der Waals surface area contributed by atoms with Crippen molar-refractivity contribution in [3.63, 3.8) is 0 Å². The fourth-order valence-corrected chi connectivity index (χ4v) is 12.5. The van der Waals surface area contributed by atoms with Gasteiger partial charge >= 0.3 is 0 Å². The lowest BCUT2D eigenvalue weighted by molar-refractivity contribution is -0.00518. The largest absolute Gasteiger partial charge is 0.310 e. The van der Waals surface area contributed by atoms with Crippen LogP contribution < -0.4 is 4.90 Å². The zero-order valence-corrected chi connectivity index (χ0v) is 33.0. The van der Waals surface area contributed by atoms with E-state index < -0.39 is 0 Å². The van der Waals surface area contributed by atoms with Crippen LogP contribution in [0.3, 0.4) is 0 Å². The number of fused-ring (bicyclic) bond motifs is 6. The van der Waals surface area contributed by atoms with Crippen LogP contribution in [-0.2, 0) is 10.8 Å². The maximum Gasteiger partial charge on any atom is 0.0541 e. The third-order valence-electron chi connectivity index (χ3n) is 14.7. The zero-order valence-electron chi connectivity index (χ0n) is 33.0. The molecule has 0 saturated heterocycles. The summed E-state index contributed by atoms with van der Waals surface area (Å²) >= 11 is 0. The molecule has 0 unspecified atom stereocenters. The van der Waals surface area contributed by atoms with E-state index in [4.69, 9.17) is 0 Å². The van der Waals surface area contributed by atoms with Crippen LogP contribution in [0, 0.1) is 17.8 Å². The molecule has 2 heteroatoms. The van der Waals surface area contributed by atoms with Gasteiger partial charge in [-0.05, 0) is 161 Å². The van der Waals surface area contributed by atoms with E-state index >= 15 is 0 Å². The lowest BCUT2D eigenvalue weighted by atomic mass is 9.48. The van der Waals surface area contributed by atoms with Crippen molar-refractivity contribution in [2.45, 2.75) is 63.2 Å². The number of rotatable bonds is 6. The Morgan fingerprint density at radius 1 is 0.474 bits per heavy atom. The van der Waals surface area contributed by atoms with Gasteiger partial charge in [0, 0.05) is 38.9 Å². The maximum atomic E-state index is 2.50. The average molecular weight is 737 g/mol. The van der Waals surface area contributed by atoms with Crippen LogP contribution in [0.15, 0.2) is 164 Å². The Labute approximate surface area is 336 Å². The molecule has 278 valence electrons. The molecule has 0 radical (unpaired) electrons. The molecule has 0 N–H and O–H groups in total. The van der Waals surface area contributed by atoms with Crippen molar-refractivity contribution in [2.75, 3.05) is 4.90 Å². The molecule has 0 amide bonds. The summed E-state index contributed by atoms with van der Waals surface area (Å²) in [5.74, 6) is 2.81. The van der Waals surface area contributed by atoms with E-state index in [-0.39, 0.29) is 5.41 Å². The second-order valence-electron chi connectivity index (χ2n) is 18.4. The molecule has 2 nitrogen and oxygen atoms in total. The molecule has 8 aromatic rings. The third kappa shape index (κ3) is 5.09. The summed E-state index contributed by atoms with van der Waals surface area (Å²) < 4.78 is 2.41.